The molecule has 1 N–H and O–H groups in total. The highest BCUT2D eigenvalue weighted by atomic mass is 16.5. The number of fused-ring (bicyclic) bond motifs is 2. The Kier molecular flexibility index (Phi) is 5.08. The van der Waals surface area contributed by atoms with Crippen molar-refractivity contribution in [2.45, 2.75) is 19.4 Å². The summed E-state index contributed by atoms with van der Waals surface area (Å²) in [6, 6.07) is 14.7. The van der Waals surface area contributed by atoms with Crippen LogP contribution in [0.25, 0.3) is 21.8 Å². The molecule has 0 aliphatic heterocycles. The van der Waals surface area contributed by atoms with Gasteiger partial charge in [0.2, 0.25) is 0 Å². The quantitative estimate of drug-likeness (QED) is 0.555. The monoisotopic (exact) mass is 403 g/mol. The van der Waals surface area contributed by atoms with E-state index in [1.807, 2.05) is 56.4 Å². The van der Waals surface area contributed by atoms with E-state index in [2.05, 4.69) is 16.1 Å². The van der Waals surface area contributed by atoms with Gasteiger partial charge in [0.05, 0.1) is 18.2 Å². The molecule has 2 heterocycles. The van der Waals surface area contributed by atoms with E-state index in [-0.39, 0.29) is 17.5 Å². The van der Waals surface area contributed by atoms with E-state index in [0.717, 1.165) is 33.1 Å². The summed E-state index contributed by atoms with van der Waals surface area (Å²) in [5.41, 5.74) is 3.19. The molecule has 2 aromatic heterocycles. The summed E-state index contributed by atoms with van der Waals surface area (Å²) in [5.74, 6) is 0.562. The second kappa shape index (κ2) is 7.71. The molecule has 154 valence electrons. The minimum Gasteiger partial charge on any atom is -0.497 e. The van der Waals surface area contributed by atoms with Crippen LogP contribution in [0.15, 0.2) is 59.5 Å². The van der Waals surface area contributed by atoms with Gasteiger partial charge in [-0.1, -0.05) is 18.2 Å². The second-order valence-electron chi connectivity index (χ2n) is 7.70. The fourth-order valence-corrected chi connectivity index (χ4v) is 4.02. The molecule has 0 aliphatic carbocycles. The zero-order valence-electron chi connectivity index (χ0n) is 17.6. The number of benzene rings is 2. The second-order valence-corrected chi connectivity index (χ2v) is 7.70. The number of pyridine rings is 1. The van der Waals surface area contributed by atoms with Crippen LogP contribution in [0, 0.1) is 0 Å². The van der Waals surface area contributed by atoms with Gasteiger partial charge in [0.15, 0.2) is 0 Å². The van der Waals surface area contributed by atoms with Crippen molar-refractivity contribution in [3.63, 3.8) is 0 Å². The molecule has 0 saturated heterocycles. The molecule has 0 radical (unpaired) electrons. The molecule has 4 aromatic rings. The first kappa shape index (κ1) is 19.8. The molecule has 0 spiro atoms. The van der Waals surface area contributed by atoms with Crippen molar-refractivity contribution in [2.75, 3.05) is 7.11 Å². The fraction of sp³-hybridized carbons (Fsp3) is 0.250. The molecular weight excluding hydrogens is 378 g/mol. The average molecular weight is 403 g/mol. The highest BCUT2D eigenvalue weighted by molar-refractivity contribution is 6.06. The summed E-state index contributed by atoms with van der Waals surface area (Å²) in [6.07, 6.45) is 2.75. The first-order valence-corrected chi connectivity index (χ1v) is 9.90. The molecule has 6 heteroatoms. The lowest BCUT2D eigenvalue weighted by atomic mass is 10.0. The molecule has 0 bridgehead atoms. The van der Waals surface area contributed by atoms with Gasteiger partial charge < -0.3 is 19.2 Å². The first-order valence-electron chi connectivity index (χ1n) is 9.90. The SMILES string of the molecule is COc1ccc2c(c1)c(C[C@@H](C)NC(=O)c1cc(=O)n(C)c3ccccc13)cn2C. The lowest BCUT2D eigenvalue weighted by Gasteiger charge is -2.15. The number of rotatable bonds is 5. The van der Waals surface area contributed by atoms with Gasteiger partial charge in [0, 0.05) is 48.7 Å². The third kappa shape index (κ3) is 3.45. The van der Waals surface area contributed by atoms with Crippen LogP contribution in [0.2, 0.25) is 0 Å². The molecule has 1 atom stereocenters. The van der Waals surface area contributed by atoms with Crippen molar-refractivity contribution in [2.24, 2.45) is 14.1 Å². The summed E-state index contributed by atoms with van der Waals surface area (Å²) in [7, 11) is 5.37. The number of carbonyl (C=O) groups is 1. The summed E-state index contributed by atoms with van der Waals surface area (Å²) in [5, 5.41) is 4.93. The minimum atomic E-state index is -0.241. The molecule has 1 amide bonds. The van der Waals surface area contributed by atoms with Crippen LogP contribution in [-0.2, 0) is 20.5 Å². The number of hydrogen-bond donors (Lipinski definition) is 1. The number of para-hydroxylation sites is 1. The Balaban J connectivity index is 1.61. The molecule has 0 unspecified atom stereocenters. The number of hydrogen-bond acceptors (Lipinski definition) is 3. The zero-order chi connectivity index (χ0) is 21.4. The van der Waals surface area contributed by atoms with Crippen molar-refractivity contribution in [1.82, 2.24) is 14.5 Å². The van der Waals surface area contributed by atoms with Gasteiger partial charge in [0.25, 0.3) is 11.5 Å². The maximum atomic E-state index is 13.0. The van der Waals surface area contributed by atoms with Crippen LogP contribution in [0.4, 0.5) is 0 Å². The minimum absolute atomic E-state index is 0.114. The molecule has 0 fully saturated rings. The smallest absolute Gasteiger partial charge is 0.252 e. The van der Waals surface area contributed by atoms with Crippen molar-refractivity contribution in [3.8, 4) is 5.75 Å². The van der Waals surface area contributed by atoms with Gasteiger partial charge in [-0.05, 0) is 43.2 Å². The van der Waals surface area contributed by atoms with Crippen LogP contribution in [0.1, 0.15) is 22.8 Å². The molecule has 6 nitrogen and oxygen atoms in total. The Morgan fingerprint density at radius 2 is 1.83 bits per heavy atom. The lowest BCUT2D eigenvalue weighted by molar-refractivity contribution is 0.0941. The first-order chi connectivity index (χ1) is 14.4. The van der Waals surface area contributed by atoms with Gasteiger partial charge in [-0.3, -0.25) is 9.59 Å². The van der Waals surface area contributed by atoms with E-state index >= 15 is 0 Å². The number of amides is 1. The zero-order valence-corrected chi connectivity index (χ0v) is 17.6. The molecule has 30 heavy (non-hydrogen) atoms. The van der Waals surface area contributed by atoms with Gasteiger partial charge >= 0.3 is 0 Å². The van der Waals surface area contributed by atoms with Crippen molar-refractivity contribution >= 4 is 27.7 Å². The lowest BCUT2D eigenvalue weighted by Crippen LogP contribution is -2.35. The highest BCUT2D eigenvalue weighted by Gasteiger charge is 2.17. The van der Waals surface area contributed by atoms with Crippen LogP contribution < -0.4 is 15.6 Å². The highest BCUT2D eigenvalue weighted by Crippen LogP contribution is 2.26. The largest absolute Gasteiger partial charge is 0.497 e. The van der Waals surface area contributed by atoms with E-state index < -0.39 is 0 Å². The third-order valence-electron chi connectivity index (χ3n) is 5.58. The number of nitrogens with one attached hydrogen (secondary N) is 1. The van der Waals surface area contributed by atoms with Gasteiger partial charge in [-0.15, -0.1) is 0 Å². The van der Waals surface area contributed by atoms with Crippen molar-refractivity contribution < 1.29 is 9.53 Å². The third-order valence-corrected chi connectivity index (χ3v) is 5.58. The number of carbonyl (C=O) groups excluding carboxylic acids is 1. The Morgan fingerprint density at radius 3 is 2.60 bits per heavy atom. The van der Waals surface area contributed by atoms with Gasteiger partial charge in [-0.25, -0.2) is 0 Å². The molecular formula is C24H25N3O3. The summed E-state index contributed by atoms with van der Waals surface area (Å²) < 4.78 is 9.00. The van der Waals surface area contributed by atoms with Crippen molar-refractivity contribution in [3.05, 3.63) is 76.2 Å². The number of aromatic nitrogens is 2. The van der Waals surface area contributed by atoms with E-state index in [1.165, 1.54) is 6.07 Å². The maximum Gasteiger partial charge on any atom is 0.252 e. The Bertz CT molecular complexity index is 1320. The summed E-state index contributed by atoms with van der Waals surface area (Å²) >= 11 is 0. The molecule has 4 rings (SSSR count). The van der Waals surface area contributed by atoms with Crippen LogP contribution in [0.5, 0.6) is 5.75 Å². The van der Waals surface area contributed by atoms with Crippen molar-refractivity contribution in [1.29, 1.82) is 0 Å². The van der Waals surface area contributed by atoms with Gasteiger partial charge in [0.1, 0.15) is 5.75 Å². The Morgan fingerprint density at radius 1 is 1.07 bits per heavy atom. The Hall–Kier alpha value is -3.54. The normalized spacial score (nSPS) is 12.3. The average Bonchev–Trinajstić information content (AvgIpc) is 3.05. The molecule has 0 saturated carbocycles. The van der Waals surface area contributed by atoms with Crippen LogP contribution in [-0.4, -0.2) is 28.2 Å². The van der Waals surface area contributed by atoms with E-state index in [9.17, 15) is 9.59 Å². The summed E-state index contributed by atoms with van der Waals surface area (Å²) in [4.78, 5) is 25.3. The number of ether oxygens (including phenoxy) is 1. The van der Waals surface area contributed by atoms with E-state index in [4.69, 9.17) is 4.74 Å². The van der Waals surface area contributed by atoms with Crippen LogP contribution >= 0.6 is 0 Å². The summed E-state index contributed by atoms with van der Waals surface area (Å²) in [6.45, 7) is 1.97. The van der Waals surface area contributed by atoms with Gasteiger partial charge in [-0.2, -0.15) is 0 Å². The van der Waals surface area contributed by atoms with E-state index in [0.29, 0.717) is 12.0 Å². The molecule has 0 aliphatic rings. The predicted octanol–water partition coefficient (Wildman–Crippen LogP) is 3.40. The predicted molar refractivity (Wildman–Crippen MR) is 119 cm³/mol. The van der Waals surface area contributed by atoms with Crippen LogP contribution in [0.3, 0.4) is 0 Å². The number of nitrogens with zero attached hydrogens (tertiary/aromatic N) is 2. The standard InChI is InChI=1S/C24H25N3O3/c1-15(11-16-14-26(2)21-10-9-17(30-4)12-19(16)21)25-24(29)20-13-23(28)27(3)22-8-6-5-7-18(20)22/h5-10,12-15H,11H2,1-4H3,(H,25,29)/t15-/m1/s1. The van der Waals surface area contributed by atoms with E-state index in [1.54, 1.807) is 18.7 Å². The topological polar surface area (TPSA) is 65.3 Å². The number of methoxy groups -OCH3 is 1. The molecule has 2 aromatic carbocycles. The fourth-order valence-electron chi connectivity index (χ4n) is 4.02. The number of aryl methyl sites for hydroxylation is 2. The maximum absolute atomic E-state index is 13.0. The Labute approximate surface area is 174 Å².